The van der Waals surface area contributed by atoms with Crippen molar-refractivity contribution in [2.45, 2.75) is 6.92 Å². The van der Waals surface area contributed by atoms with Crippen molar-refractivity contribution >= 4 is 44.9 Å². The zero-order valence-corrected chi connectivity index (χ0v) is 13.5. The summed E-state index contributed by atoms with van der Waals surface area (Å²) in [7, 11) is 0. The zero-order valence-electron chi connectivity index (χ0n) is 11.1. The number of amides is 1. The van der Waals surface area contributed by atoms with Gasteiger partial charge in [-0.05, 0) is 77.0 Å². The molecule has 6 heteroatoms. The van der Waals surface area contributed by atoms with E-state index in [2.05, 4.69) is 26.6 Å². The molecule has 0 saturated heterocycles. The molecular weight excluding hydrogens is 355 g/mol. The fourth-order valence-corrected chi connectivity index (χ4v) is 2.45. The Balaban J connectivity index is 2.01. The van der Waals surface area contributed by atoms with Crippen LogP contribution in [-0.2, 0) is 0 Å². The van der Waals surface area contributed by atoms with Gasteiger partial charge in [-0.3, -0.25) is 10.1 Å². The third-order valence-corrected chi connectivity index (χ3v) is 3.57. The van der Waals surface area contributed by atoms with Gasteiger partial charge in [0.1, 0.15) is 5.82 Å². The maximum Gasteiger partial charge on any atom is 0.257 e. The van der Waals surface area contributed by atoms with Crippen LogP contribution >= 0.6 is 28.1 Å². The maximum absolute atomic E-state index is 12.8. The van der Waals surface area contributed by atoms with Gasteiger partial charge in [0, 0.05) is 10.0 Å². The lowest BCUT2D eigenvalue weighted by atomic mass is 10.2. The lowest BCUT2D eigenvalue weighted by molar-refractivity contribution is 0.0977. The van der Waals surface area contributed by atoms with E-state index in [4.69, 9.17) is 12.2 Å². The van der Waals surface area contributed by atoms with Crippen LogP contribution in [0.15, 0.2) is 46.9 Å². The van der Waals surface area contributed by atoms with E-state index in [0.717, 1.165) is 15.7 Å². The van der Waals surface area contributed by atoms with Crippen molar-refractivity contribution in [3.8, 4) is 0 Å². The molecule has 0 bridgehead atoms. The van der Waals surface area contributed by atoms with E-state index < -0.39 is 11.7 Å². The Morgan fingerprint density at radius 1 is 1.19 bits per heavy atom. The first-order valence-corrected chi connectivity index (χ1v) is 7.30. The van der Waals surface area contributed by atoms with Crippen molar-refractivity contribution in [3.05, 3.63) is 63.9 Å². The average molecular weight is 367 g/mol. The summed E-state index contributed by atoms with van der Waals surface area (Å²) in [6, 6.07) is 11.0. The number of nitrogens with one attached hydrogen (secondary N) is 2. The van der Waals surface area contributed by atoms with E-state index in [1.807, 2.05) is 25.1 Å². The summed E-state index contributed by atoms with van der Waals surface area (Å²) < 4.78 is 13.7. The van der Waals surface area contributed by atoms with Gasteiger partial charge >= 0.3 is 0 Å². The summed E-state index contributed by atoms with van der Waals surface area (Å²) >= 11 is 8.51. The van der Waals surface area contributed by atoms with Crippen molar-refractivity contribution < 1.29 is 9.18 Å². The van der Waals surface area contributed by atoms with Gasteiger partial charge in [-0.2, -0.15) is 0 Å². The summed E-state index contributed by atoms with van der Waals surface area (Å²) in [4.78, 5) is 11.9. The normalized spacial score (nSPS) is 10.0. The van der Waals surface area contributed by atoms with Crippen LogP contribution in [-0.4, -0.2) is 11.0 Å². The standard InChI is InChI=1S/C15H12BrFN2OS/c1-9-2-7-13(12(16)8-9)18-15(21)19-14(20)10-3-5-11(17)6-4-10/h2-8H,1H3,(H2,18,19,20,21). The summed E-state index contributed by atoms with van der Waals surface area (Å²) in [5, 5.41) is 5.65. The van der Waals surface area contributed by atoms with Crippen LogP contribution < -0.4 is 10.6 Å². The van der Waals surface area contributed by atoms with Crippen LogP contribution in [0.5, 0.6) is 0 Å². The van der Waals surface area contributed by atoms with Crippen LogP contribution in [0.2, 0.25) is 0 Å². The first-order valence-electron chi connectivity index (χ1n) is 6.10. The lowest BCUT2D eigenvalue weighted by Gasteiger charge is -2.11. The Hall–Kier alpha value is -1.79. The van der Waals surface area contributed by atoms with E-state index in [0.29, 0.717) is 5.56 Å². The molecule has 0 aliphatic rings. The molecule has 0 radical (unpaired) electrons. The maximum atomic E-state index is 12.8. The molecule has 3 nitrogen and oxygen atoms in total. The highest BCUT2D eigenvalue weighted by atomic mass is 79.9. The molecular formula is C15H12BrFN2OS. The third-order valence-electron chi connectivity index (χ3n) is 2.71. The molecule has 1 amide bonds. The Morgan fingerprint density at radius 3 is 2.48 bits per heavy atom. The summed E-state index contributed by atoms with van der Waals surface area (Å²) in [5.41, 5.74) is 2.20. The van der Waals surface area contributed by atoms with Gasteiger partial charge < -0.3 is 5.32 Å². The fourth-order valence-electron chi connectivity index (χ4n) is 1.65. The van der Waals surface area contributed by atoms with E-state index in [9.17, 15) is 9.18 Å². The summed E-state index contributed by atoms with van der Waals surface area (Å²) in [6.45, 7) is 1.98. The Labute approximate surface area is 135 Å². The number of thiocarbonyl (C=S) groups is 1. The van der Waals surface area contributed by atoms with Crippen molar-refractivity contribution in [3.63, 3.8) is 0 Å². The Kier molecular flexibility index (Phi) is 5.03. The van der Waals surface area contributed by atoms with E-state index in [1.165, 1.54) is 24.3 Å². The first-order chi connectivity index (χ1) is 9.95. The summed E-state index contributed by atoms with van der Waals surface area (Å²) in [5.74, 6) is -0.786. The highest BCUT2D eigenvalue weighted by Gasteiger charge is 2.09. The zero-order chi connectivity index (χ0) is 15.4. The number of halogens is 2. The molecule has 2 aromatic rings. The van der Waals surface area contributed by atoms with Crippen molar-refractivity contribution in [1.82, 2.24) is 5.32 Å². The van der Waals surface area contributed by atoms with Crippen LogP contribution in [0.1, 0.15) is 15.9 Å². The average Bonchev–Trinajstić information content (AvgIpc) is 2.42. The second-order valence-corrected chi connectivity index (χ2v) is 5.66. The van der Waals surface area contributed by atoms with Crippen molar-refractivity contribution in [2.75, 3.05) is 5.32 Å². The van der Waals surface area contributed by atoms with E-state index >= 15 is 0 Å². The number of hydrogen-bond donors (Lipinski definition) is 2. The van der Waals surface area contributed by atoms with Crippen LogP contribution in [0.25, 0.3) is 0 Å². The molecule has 0 fully saturated rings. The molecule has 0 atom stereocenters. The second kappa shape index (κ2) is 6.78. The molecule has 0 spiro atoms. The minimum atomic E-state index is -0.393. The molecule has 108 valence electrons. The van der Waals surface area contributed by atoms with Crippen LogP contribution in [0.3, 0.4) is 0 Å². The molecule has 0 aliphatic carbocycles. The largest absolute Gasteiger partial charge is 0.331 e. The van der Waals surface area contributed by atoms with E-state index in [1.54, 1.807) is 0 Å². The highest BCUT2D eigenvalue weighted by Crippen LogP contribution is 2.23. The third kappa shape index (κ3) is 4.34. The van der Waals surface area contributed by atoms with Gasteiger partial charge in [0.2, 0.25) is 0 Å². The predicted octanol–water partition coefficient (Wildman–Crippen LogP) is 4.02. The van der Waals surface area contributed by atoms with Gasteiger partial charge in [-0.15, -0.1) is 0 Å². The number of carbonyl (C=O) groups is 1. The van der Waals surface area contributed by atoms with Gasteiger partial charge in [0.05, 0.1) is 5.69 Å². The number of aryl methyl sites for hydroxylation is 1. The van der Waals surface area contributed by atoms with Gasteiger partial charge in [0.15, 0.2) is 5.11 Å². The van der Waals surface area contributed by atoms with Crippen molar-refractivity contribution in [2.24, 2.45) is 0 Å². The Morgan fingerprint density at radius 2 is 1.86 bits per heavy atom. The molecule has 0 aliphatic heterocycles. The van der Waals surface area contributed by atoms with Crippen molar-refractivity contribution in [1.29, 1.82) is 0 Å². The lowest BCUT2D eigenvalue weighted by Crippen LogP contribution is -2.34. The monoisotopic (exact) mass is 366 g/mol. The van der Waals surface area contributed by atoms with E-state index in [-0.39, 0.29) is 5.11 Å². The molecule has 21 heavy (non-hydrogen) atoms. The fraction of sp³-hybridized carbons (Fsp3) is 0.0667. The van der Waals surface area contributed by atoms with Gasteiger partial charge in [0.25, 0.3) is 5.91 Å². The molecule has 2 rings (SSSR count). The molecule has 0 aromatic heterocycles. The molecule has 0 heterocycles. The van der Waals surface area contributed by atoms with Gasteiger partial charge in [-0.1, -0.05) is 6.07 Å². The smallest absolute Gasteiger partial charge is 0.257 e. The molecule has 0 saturated carbocycles. The minimum Gasteiger partial charge on any atom is -0.331 e. The molecule has 0 unspecified atom stereocenters. The number of carbonyl (C=O) groups excluding carboxylic acids is 1. The van der Waals surface area contributed by atoms with Gasteiger partial charge in [-0.25, -0.2) is 4.39 Å². The first kappa shape index (κ1) is 15.6. The van der Waals surface area contributed by atoms with Crippen LogP contribution in [0, 0.1) is 12.7 Å². The SMILES string of the molecule is Cc1ccc(NC(=S)NC(=O)c2ccc(F)cc2)c(Br)c1. The second-order valence-electron chi connectivity index (χ2n) is 4.40. The number of benzene rings is 2. The molecule has 2 aromatic carbocycles. The number of anilines is 1. The summed E-state index contributed by atoms with van der Waals surface area (Å²) in [6.07, 6.45) is 0. The molecule has 2 N–H and O–H groups in total. The van der Waals surface area contributed by atoms with Crippen LogP contribution in [0.4, 0.5) is 10.1 Å². The highest BCUT2D eigenvalue weighted by molar-refractivity contribution is 9.10. The minimum absolute atomic E-state index is 0.175. The quantitative estimate of drug-likeness (QED) is 0.788. The Bertz CT molecular complexity index is 689. The predicted molar refractivity (Wildman–Crippen MR) is 89.0 cm³/mol. The number of hydrogen-bond acceptors (Lipinski definition) is 2. The number of rotatable bonds is 2. The topological polar surface area (TPSA) is 41.1 Å².